The second kappa shape index (κ2) is 27.1. The van der Waals surface area contributed by atoms with Crippen LogP contribution in [0.15, 0.2) is 170 Å². The van der Waals surface area contributed by atoms with Gasteiger partial charge in [0.1, 0.15) is 11.6 Å². The number of anilines is 2. The van der Waals surface area contributed by atoms with Crippen molar-refractivity contribution in [2.24, 2.45) is 34.5 Å². The first-order valence-corrected chi connectivity index (χ1v) is 29.8. The summed E-state index contributed by atoms with van der Waals surface area (Å²) in [5.74, 6) is 1.00. The molecule has 6 aromatic rings. The molecule has 4 aliphatic heterocycles. The highest BCUT2D eigenvalue weighted by Gasteiger charge is 2.52. The maximum atomic E-state index is 15.2. The fourth-order valence-corrected chi connectivity index (χ4v) is 13.7. The summed E-state index contributed by atoms with van der Waals surface area (Å²) in [5, 5.41) is 3.35. The minimum absolute atomic E-state index is 0.0269. The van der Waals surface area contributed by atoms with Gasteiger partial charge in [-0.2, -0.15) is 0 Å². The molecule has 6 fully saturated rings. The van der Waals surface area contributed by atoms with E-state index in [0.717, 1.165) is 136 Å². The highest BCUT2D eigenvalue weighted by molar-refractivity contribution is 6.64. The number of amides is 1. The molecule has 1 amide bonds. The molecule has 6 aromatic carbocycles. The zero-order chi connectivity index (χ0) is 54.4. The molecule has 4 heterocycles. The predicted octanol–water partition coefficient (Wildman–Crippen LogP) is 12.9. The van der Waals surface area contributed by atoms with Crippen molar-refractivity contribution in [3.8, 4) is 0 Å². The van der Waals surface area contributed by atoms with Crippen molar-refractivity contribution in [2.45, 2.75) is 77.3 Å². The van der Waals surface area contributed by atoms with E-state index in [9.17, 15) is 14.0 Å². The van der Waals surface area contributed by atoms with Crippen LogP contribution in [0.4, 0.5) is 20.2 Å². The van der Waals surface area contributed by atoms with E-state index in [1.165, 1.54) is 41.2 Å². The number of nitrogens with one attached hydrogen (secondary N) is 1. The van der Waals surface area contributed by atoms with Crippen molar-refractivity contribution >= 4 is 34.1 Å². The van der Waals surface area contributed by atoms with Crippen LogP contribution in [0, 0.1) is 46.1 Å². The van der Waals surface area contributed by atoms with Gasteiger partial charge in [0, 0.05) is 101 Å². The summed E-state index contributed by atoms with van der Waals surface area (Å²) in [6.07, 6.45) is 10.6. The lowest BCUT2D eigenvalue weighted by atomic mass is 9.72. The van der Waals surface area contributed by atoms with E-state index in [2.05, 4.69) is 146 Å². The Labute approximate surface area is 474 Å². The number of halogens is 3. The molecule has 2 saturated carbocycles. The molecule has 0 spiro atoms. The molecule has 416 valence electrons. The molecule has 1 N–H and O–H groups in total. The molecule has 6 aliphatic rings. The second-order valence-corrected chi connectivity index (χ2v) is 24.2. The highest BCUT2D eigenvalue weighted by Crippen LogP contribution is 2.46. The number of likely N-dealkylation sites (tertiary alicyclic amines) is 4. The molecule has 8 nitrogen and oxygen atoms in total. The standard InChI is InChI=1S/C34H40FN3O.C29H34FN3.C5H7ClO/c35-31-16-7-8-17-32(31)38(33(39)29-14-9-15-29)26-34-24-36(20-18-27-10-3-1-4-11-27)21-19-30(34)23-37(25-34)22-28-12-5-2-6-13-28;30-27-13-7-8-14-28(27)31-21-29-22-32(17-15-24-9-3-1-4-10-24)18-16-26(29)20-33(23-29)19-25-11-5-2-6-12-25;6-5(7)4-2-1-3-4/h1-8,10-13,16-17,29-30H,9,14-15,18-26H2;1-14,26,31H,15-23H2;4H,1-3H2. The smallest absolute Gasteiger partial charge is 0.230 e. The molecule has 2 aliphatic carbocycles. The molecule has 0 bridgehead atoms. The quantitative estimate of drug-likeness (QED) is 0.0861. The summed E-state index contributed by atoms with van der Waals surface area (Å²) < 4.78 is 29.6. The number of benzene rings is 6. The lowest BCUT2D eigenvalue weighted by Gasteiger charge is -2.47. The molecular formula is C68H81ClF2N6O2. The average Bonchev–Trinajstić information content (AvgIpc) is 4.18. The highest BCUT2D eigenvalue weighted by atomic mass is 35.5. The van der Waals surface area contributed by atoms with E-state index in [1.807, 2.05) is 23.1 Å². The van der Waals surface area contributed by atoms with E-state index in [1.54, 1.807) is 24.3 Å². The number of hydrogen-bond donors (Lipinski definition) is 1. The topological polar surface area (TPSA) is 62.4 Å². The normalized spacial score (nSPS) is 23.4. The first-order valence-electron chi connectivity index (χ1n) is 29.4. The van der Waals surface area contributed by atoms with Crippen LogP contribution >= 0.6 is 11.6 Å². The van der Waals surface area contributed by atoms with Crippen LogP contribution in [-0.2, 0) is 35.5 Å². The Morgan fingerprint density at radius 1 is 0.506 bits per heavy atom. The average molecular weight is 1090 g/mol. The predicted molar refractivity (Wildman–Crippen MR) is 317 cm³/mol. The molecule has 0 radical (unpaired) electrons. The van der Waals surface area contributed by atoms with Crippen molar-refractivity contribution in [1.82, 2.24) is 19.6 Å². The summed E-state index contributed by atoms with van der Waals surface area (Å²) in [6.45, 7) is 13.8. The van der Waals surface area contributed by atoms with Crippen LogP contribution < -0.4 is 10.2 Å². The van der Waals surface area contributed by atoms with Crippen LogP contribution in [0.5, 0.6) is 0 Å². The Kier molecular flexibility index (Phi) is 19.4. The van der Waals surface area contributed by atoms with Crippen LogP contribution in [0.3, 0.4) is 0 Å². The number of fused-ring (bicyclic) bond motifs is 2. The van der Waals surface area contributed by atoms with Gasteiger partial charge >= 0.3 is 0 Å². The monoisotopic (exact) mass is 1090 g/mol. The van der Waals surface area contributed by atoms with Gasteiger partial charge < -0.3 is 20.0 Å². The molecule has 79 heavy (non-hydrogen) atoms. The molecule has 4 saturated heterocycles. The van der Waals surface area contributed by atoms with E-state index >= 15 is 4.39 Å². The number of hydrogen-bond acceptors (Lipinski definition) is 7. The number of carbonyl (C=O) groups is 2. The van der Waals surface area contributed by atoms with Gasteiger partial charge in [0.25, 0.3) is 0 Å². The lowest BCUT2D eigenvalue weighted by molar-refractivity contribution is -0.125. The van der Waals surface area contributed by atoms with Gasteiger partial charge in [-0.05, 0) is 134 Å². The zero-order valence-electron chi connectivity index (χ0n) is 46.1. The summed E-state index contributed by atoms with van der Waals surface area (Å²) in [5.41, 5.74) is 6.56. The summed E-state index contributed by atoms with van der Waals surface area (Å²) in [7, 11) is 0. The second-order valence-electron chi connectivity index (χ2n) is 23.8. The summed E-state index contributed by atoms with van der Waals surface area (Å²) in [6, 6.07) is 56.9. The molecule has 4 atom stereocenters. The van der Waals surface area contributed by atoms with Gasteiger partial charge in [-0.25, -0.2) is 8.78 Å². The fourth-order valence-electron chi connectivity index (χ4n) is 13.5. The third kappa shape index (κ3) is 14.8. The fraction of sp³-hybridized carbons (Fsp3) is 0.441. The van der Waals surface area contributed by atoms with Gasteiger partial charge in [-0.3, -0.25) is 19.4 Å². The Balaban J connectivity index is 0.000000160. The minimum atomic E-state index is -0.297. The molecule has 4 unspecified atom stereocenters. The number of nitrogens with zero attached hydrogens (tertiary/aromatic N) is 5. The third-order valence-electron chi connectivity index (χ3n) is 18.3. The summed E-state index contributed by atoms with van der Waals surface area (Å²) >= 11 is 5.14. The first-order chi connectivity index (χ1) is 38.6. The van der Waals surface area contributed by atoms with Crippen LogP contribution in [0.1, 0.15) is 73.6 Å². The van der Waals surface area contributed by atoms with Crippen molar-refractivity contribution in [1.29, 1.82) is 0 Å². The molecule has 0 aromatic heterocycles. The van der Waals surface area contributed by atoms with Crippen molar-refractivity contribution in [2.75, 3.05) is 88.8 Å². The number of carbonyl (C=O) groups excluding carboxylic acids is 2. The number of rotatable bonds is 18. The van der Waals surface area contributed by atoms with E-state index in [4.69, 9.17) is 11.6 Å². The van der Waals surface area contributed by atoms with E-state index < -0.39 is 0 Å². The summed E-state index contributed by atoms with van der Waals surface area (Å²) in [4.78, 5) is 36.3. The Hall–Kier alpha value is -5.75. The minimum Gasteiger partial charge on any atom is -0.382 e. The Morgan fingerprint density at radius 3 is 1.41 bits per heavy atom. The zero-order valence-corrected chi connectivity index (χ0v) is 46.9. The maximum absolute atomic E-state index is 15.2. The van der Waals surface area contributed by atoms with Gasteiger partial charge in [-0.15, -0.1) is 0 Å². The van der Waals surface area contributed by atoms with E-state index in [-0.39, 0.29) is 45.4 Å². The first kappa shape index (κ1) is 56.5. The Morgan fingerprint density at radius 2 is 0.937 bits per heavy atom. The van der Waals surface area contributed by atoms with Gasteiger partial charge in [-0.1, -0.05) is 158 Å². The van der Waals surface area contributed by atoms with Crippen LogP contribution in [-0.4, -0.2) is 109 Å². The van der Waals surface area contributed by atoms with Crippen LogP contribution in [0.25, 0.3) is 0 Å². The molecular weight excluding hydrogens is 1010 g/mol. The van der Waals surface area contributed by atoms with Crippen molar-refractivity contribution < 1.29 is 18.4 Å². The Bertz CT molecular complexity index is 2860. The van der Waals surface area contributed by atoms with Gasteiger partial charge in [0.2, 0.25) is 11.1 Å². The molecule has 12 rings (SSSR count). The van der Waals surface area contributed by atoms with E-state index in [0.29, 0.717) is 29.8 Å². The number of piperidine rings is 2. The van der Waals surface area contributed by atoms with Gasteiger partial charge in [0.05, 0.1) is 11.4 Å². The van der Waals surface area contributed by atoms with Crippen molar-refractivity contribution in [3.05, 3.63) is 204 Å². The van der Waals surface area contributed by atoms with Gasteiger partial charge in [0.15, 0.2) is 0 Å². The van der Waals surface area contributed by atoms with Crippen molar-refractivity contribution in [3.63, 3.8) is 0 Å². The van der Waals surface area contributed by atoms with Crippen LogP contribution in [0.2, 0.25) is 0 Å². The largest absolute Gasteiger partial charge is 0.382 e. The number of para-hydroxylation sites is 2. The maximum Gasteiger partial charge on any atom is 0.230 e. The SMILES string of the molecule is Fc1ccccc1NCC12CN(CCc3ccccc3)CCC1CN(Cc1ccccc1)C2.O=C(C1CCC1)N(CC12CN(CCc3ccccc3)CCC1CN(Cc1ccccc1)C2)c1ccccc1F.O=C(Cl)C1CCC1. The third-order valence-corrected chi connectivity index (χ3v) is 18.6. The lowest BCUT2D eigenvalue weighted by Crippen LogP contribution is -2.56. The molecule has 11 heteroatoms.